The maximum atomic E-state index is 5.92. The molecule has 0 N–H and O–H groups in total. The highest BCUT2D eigenvalue weighted by atomic mass is 32.2. The number of rotatable bonds is 4. The van der Waals surface area contributed by atoms with Crippen molar-refractivity contribution in [3.8, 4) is 0 Å². The molecule has 3 atom stereocenters. The Labute approximate surface area is 123 Å². The van der Waals surface area contributed by atoms with E-state index >= 15 is 0 Å². The third kappa shape index (κ3) is 2.85. The Morgan fingerprint density at radius 3 is 2.80 bits per heavy atom. The second-order valence-electron chi connectivity index (χ2n) is 5.29. The van der Waals surface area contributed by atoms with Crippen molar-refractivity contribution < 1.29 is 9.47 Å². The van der Waals surface area contributed by atoms with Gasteiger partial charge in [-0.25, -0.2) is 10.9 Å². The topological polar surface area (TPSA) is 18.5 Å². The minimum Gasteiger partial charge on any atom is -0.356 e. The fraction of sp³-hybridized carbons (Fsp3) is 0.412. The lowest BCUT2D eigenvalue weighted by Crippen LogP contribution is -2.20. The van der Waals surface area contributed by atoms with Crippen LogP contribution in [0.1, 0.15) is 13.3 Å². The number of benzene rings is 2. The van der Waals surface area contributed by atoms with E-state index < -0.39 is 0 Å². The Hall–Kier alpha value is -1.03. The molecule has 0 radical (unpaired) electrons. The largest absolute Gasteiger partial charge is 0.356 e. The molecule has 1 heterocycles. The lowest BCUT2D eigenvalue weighted by Gasteiger charge is -2.20. The minimum absolute atomic E-state index is 0.0949. The van der Waals surface area contributed by atoms with Crippen molar-refractivity contribution in [2.75, 3.05) is 18.6 Å². The summed E-state index contributed by atoms with van der Waals surface area (Å²) in [5, 5.41) is 2.77. The average Bonchev–Trinajstić information content (AvgIpc) is 2.94. The van der Waals surface area contributed by atoms with Gasteiger partial charge in [-0.15, -0.1) is 0 Å². The maximum Gasteiger partial charge on any atom is 0.154 e. The maximum absolute atomic E-state index is 5.92. The molecule has 1 saturated heterocycles. The van der Waals surface area contributed by atoms with Gasteiger partial charge in [-0.1, -0.05) is 36.4 Å². The number of ether oxygens (including phenoxy) is 2. The number of hydrogen-bond acceptors (Lipinski definition) is 2. The summed E-state index contributed by atoms with van der Waals surface area (Å²) in [4.78, 5) is 1.54. The van der Waals surface area contributed by atoms with Gasteiger partial charge in [-0.2, -0.15) is 0 Å². The lowest BCUT2D eigenvalue weighted by atomic mass is 10.1. The summed E-state index contributed by atoms with van der Waals surface area (Å²) < 4.78 is 11.1. The van der Waals surface area contributed by atoms with E-state index in [1.54, 1.807) is 7.11 Å². The zero-order chi connectivity index (χ0) is 13.9. The lowest BCUT2D eigenvalue weighted by molar-refractivity contribution is -0.136. The first kappa shape index (κ1) is 13.9. The van der Waals surface area contributed by atoms with Gasteiger partial charge in [0.15, 0.2) is 6.29 Å². The summed E-state index contributed by atoms with van der Waals surface area (Å²) in [6.45, 7) is 1.97. The molecule has 2 aromatic carbocycles. The van der Waals surface area contributed by atoms with Crippen molar-refractivity contribution in [1.29, 1.82) is 0 Å². The van der Waals surface area contributed by atoms with Crippen LogP contribution >= 0.6 is 10.9 Å². The molecular formula is C17H22O2S. The molecule has 0 aromatic heterocycles. The molecular weight excluding hydrogens is 268 g/mol. The van der Waals surface area contributed by atoms with Crippen molar-refractivity contribution in [3.05, 3.63) is 42.5 Å². The molecule has 0 saturated carbocycles. The highest BCUT2D eigenvalue weighted by molar-refractivity contribution is 8.17. The highest BCUT2D eigenvalue weighted by Crippen LogP contribution is 2.46. The SMILES string of the molecule is COC(C)OC1CC[SH](c2cccc3ccccc23)C1. The third-order valence-corrected chi connectivity index (χ3v) is 6.69. The number of thiol groups is 1. The first-order valence-corrected chi connectivity index (χ1v) is 8.90. The van der Waals surface area contributed by atoms with Gasteiger partial charge in [0.2, 0.25) is 0 Å². The van der Waals surface area contributed by atoms with Crippen LogP contribution in [-0.2, 0) is 9.47 Å². The van der Waals surface area contributed by atoms with Gasteiger partial charge in [-0.3, -0.25) is 0 Å². The van der Waals surface area contributed by atoms with Crippen LogP contribution in [0, 0.1) is 0 Å². The van der Waals surface area contributed by atoms with E-state index in [9.17, 15) is 0 Å². The Kier molecular flexibility index (Phi) is 4.29. The monoisotopic (exact) mass is 290 g/mol. The smallest absolute Gasteiger partial charge is 0.154 e. The van der Waals surface area contributed by atoms with E-state index in [0.29, 0.717) is 6.10 Å². The summed E-state index contributed by atoms with van der Waals surface area (Å²) in [6.07, 6.45) is 1.42. The van der Waals surface area contributed by atoms with Gasteiger partial charge in [0, 0.05) is 12.9 Å². The van der Waals surface area contributed by atoms with E-state index in [1.807, 2.05) is 6.92 Å². The van der Waals surface area contributed by atoms with E-state index in [-0.39, 0.29) is 17.2 Å². The molecule has 2 aromatic rings. The van der Waals surface area contributed by atoms with E-state index in [4.69, 9.17) is 9.47 Å². The summed E-state index contributed by atoms with van der Waals surface area (Å²) in [6, 6.07) is 15.4. The van der Waals surface area contributed by atoms with Gasteiger partial charge >= 0.3 is 0 Å². The molecule has 1 aliphatic rings. The second-order valence-corrected chi connectivity index (χ2v) is 7.67. The van der Waals surface area contributed by atoms with Crippen LogP contribution in [0.15, 0.2) is 47.4 Å². The van der Waals surface area contributed by atoms with Crippen LogP contribution in [0.25, 0.3) is 10.8 Å². The molecule has 1 fully saturated rings. The minimum atomic E-state index is -0.0955. The second kappa shape index (κ2) is 6.17. The molecule has 20 heavy (non-hydrogen) atoms. The Balaban J connectivity index is 1.79. The molecule has 3 unspecified atom stereocenters. The molecule has 0 bridgehead atoms. The van der Waals surface area contributed by atoms with Crippen LogP contribution in [0.2, 0.25) is 0 Å². The fourth-order valence-electron chi connectivity index (χ4n) is 2.87. The molecule has 3 rings (SSSR count). The van der Waals surface area contributed by atoms with Crippen molar-refractivity contribution >= 4 is 21.7 Å². The quantitative estimate of drug-likeness (QED) is 0.678. The summed E-state index contributed by atoms with van der Waals surface area (Å²) in [5.74, 6) is 2.43. The standard InChI is InChI=1S/C17H22O2S/c1-13(18-2)19-15-10-11-20(12-15)17-9-5-7-14-6-3-4-8-16(14)17/h3-9,13,15,20H,10-12H2,1-2H3. The molecule has 108 valence electrons. The van der Waals surface area contributed by atoms with Crippen LogP contribution in [0.3, 0.4) is 0 Å². The summed E-state index contributed by atoms with van der Waals surface area (Å²) in [7, 11) is 1.61. The van der Waals surface area contributed by atoms with Gasteiger partial charge in [0.1, 0.15) is 0 Å². The van der Waals surface area contributed by atoms with Gasteiger partial charge in [0.25, 0.3) is 0 Å². The van der Waals surface area contributed by atoms with Crippen molar-refractivity contribution in [2.45, 2.75) is 30.6 Å². The van der Waals surface area contributed by atoms with Gasteiger partial charge < -0.3 is 9.47 Å². The first-order chi connectivity index (χ1) is 9.78. The highest BCUT2D eigenvalue weighted by Gasteiger charge is 2.26. The van der Waals surface area contributed by atoms with Crippen LogP contribution in [-0.4, -0.2) is 31.0 Å². The van der Waals surface area contributed by atoms with E-state index in [1.165, 1.54) is 21.4 Å². The zero-order valence-electron chi connectivity index (χ0n) is 12.1. The predicted molar refractivity (Wildman–Crippen MR) is 86.9 cm³/mol. The number of hydrogen-bond donors (Lipinski definition) is 1. The van der Waals surface area contributed by atoms with E-state index in [0.717, 1.165) is 12.2 Å². The molecule has 2 nitrogen and oxygen atoms in total. The van der Waals surface area contributed by atoms with Gasteiger partial charge in [0.05, 0.1) is 6.10 Å². The van der Waals surface area contributed by atoms with Gasteiger partial charge in [-0.05, 0) is 40.8 Å². The Morgan fingerprint density at radius 2 is 1.95 bits per heavy atom. The average molecular weight is 290 g/mol. The normalized spacial score (nSPS) is 25.9. The number of methoxy groups -OCH3 is 1. The predicted octanol–water partition coefficient (Wildman–Crippen LogP) is 3.98. The van der Waals surface area contributed by atoms with Crippen molar-refractivity contribution in [1.82, 2.24) is 0 Å². The molecule has 0 aliphatic carbocycles. The Bertz CT molecular complexity index is 579. The van der Waals surface area contributed by atoms with Crippen LogP contribution in [0.4, 0.5) is 0 Å². The molecule has 1 aliphatic heterocycles. The van der Waals surface area contributed by atoms with Crippen LogP contribution in [0.5, 0.6) is 0 Å². The number of fused-ring (bicyclic) bond motifs is 1. The summed E-state index contributed by atoms with van der Waals surface area (Å²) >= 11 is 0. The summed E-state index contributed by atoms with van der Waals surface area (Å²) in [5.41, 5.74) is 0. The molecule has 0 spiro atoms. The fourth-order valence-corrected chi connectivity index (χ4v) is 5.69. The van der Waals surface area contributed by atoms with Crippen molar-refractivity contribution in [3.63, 3.8) is 0 Å². The first-order valence-electron chi connectivity index (χ1n) is 7.19. The molecule has 3 heteroatoms. The molecule has 0 amide bonds. The van der Waals surface area contributed by atoms with Crippen molar-refractivity contribution in [2.24, 2.45) is 0 Å². The zero-order valence-corrected chi connectivity index (χ0v) is 13.0. The third-order valence-electron chi connectivity index (χ3n) is 3.97. The Morgan fingerprint density at radius 1 is 1.15 bits per heavy atom. The van der Waals surface area contributed by atoms with E-state index in [2.05, 4.69) is 42.5 Å². The van der Waals surface area contributed by atoms with Crippen LogP contribution < -0.4 is 0 Å².